The molecule has 1 aromatic carbocycles. The lowest BCUT2D eigenvalue weighted by atomic mass is 10.1. The number of rotatable bonds is 9. The molecule has 0 radical (unpaired) electrons. The van der Waals surface area contributed by atoms with Gasteiger partial charge in [-0.05, 0) is 50.4 Å². The molecule has 0 aliphatic rings. The molecule has 2 N–H and O–H groups in total. The highest BCUT2D eigenvalue weighted by Crippen LogP contribution is 2.06. The standard InChI is InChI=1S/C15H23NO2/c1-13-7-4-5-8-14(13)10-12-16-11-6-2-3-9-15(17)18/h4-5,7-8,16H,2-3,6,9-12H2,1H3,(H,17,18). The van der Waals surface area contributed by atoms with E-state index in [0.29, 0.717) is 6.42 Å². The molecule has 0 saturated carbocycles. The van der Waals surface area contributed by atoms with Crippen molar-refractivity contribution in [2.75, 3.05) is 13.1 Å². The lowest BCUT2D eigenvalue weighted by Gasteiger charge is -2.07. The Morgan fingerprint density at radius 3 is 2.67 bits per heavy atom. The highest BCUT2D eigenvalue weighted by atomic mass is 16.4. The van der Waals surface area contributed by atoms with Gasteiger partial charge < -0.3 is 10.4 Å². The number of aliphatic carboxylic acids is 1. The van der Waals surface area contributed by atoms with Crippen LogP contribution >= 0.6 is 0 Å². The van der Waals surface area contributed by atoms with Crippen LogP contribution in [0.2, 0.25) is 0 Å². The summed E-state index contributed by atoms with van der Waals surface area (Å²) in [6, 6.07) is 8.45. The van der Waals surface area contributed by atoms with Gasteiger partial charge in [0.2, 0.25) is 0 Å². The molecule has 0 heterocycles. The summed E-state index contributed by atoms with van der Waals surface area (Å²) in [7, 11) is 0. The third-order valence-corrected chi connectivity index (χ3v) is 3.08. The molecule has 3 heteroatoms. The molecule has 0 unspecified atom stereocenters. The van der Waals surface area contributed by atoms with Crippen molar-refractivity contribution in [1.82, 2.24) is 5.32 Å². The van der Waals surface area contributed by atoms with Crippen molar-refractivity contribution in [2.45, 2.75) is 39.0 Å². The maximum atomic E-state index is 10.3. The third kappa shape index (κ3) is 6.40. The van der Waals surface area contributed by atoms with Crippen LogP contribution in [-0.4, -0.2) is 24.2 Å². The molecule has 0 spiro atoms. The van der Waals surface area contributed by atoms with E-state index in [1.807, 2.05) is 0 Å². The van der Waals surface area contributed by atoms with Crippen molar-refractivity contribution in [1.29, 1.82) is 0 Å². The summed E-state index contributed by atoms with van der Waals surface area (Å²) in [5.74, 6) is -0.692. The summed E-state index contributed by atoms with van der Waals surface area (Å²) in [6.07, 6.45) is 4.19. The fraction of sp³-hybridized carbons (Fsp3) is 0.533. The predicted molar refractivity (Wildman–Crippen MR) is 73.9 cm³/mol. The molecule has 0 amide bonds. The van der Waals surface area contributed by atoms with Crippen molar-refractivity contribution < 1.29 is 9.90 Å². The van der Waals surface area contributed by atoms with Gasteiger partial charge >= 0.3 is 5.97 Å². The first-order valence-corrected chi connectivity index (χ1v) is 6.67. The van der Waals surface area contributed by atoms with Gasteiger partial charge in [0.05, 0.1) is 0 Å². The van der Waals surface area contributed by atoms with Gasteiger partial charge in [-0.25, -0.2) is 0 Å². The lowest BCUT2D eigenvalue weighted by molar-refractivity contribution is -0.137. The largest absolute Gasteiger partial charge is 0.481 e. The number of benzene rings is 1. The monoisotopic (exact) mass is 249 g/mol. The fourth-order valence-corrected chi connectivity index (χ4v) is 1.94. The summed E-state index contributed by atoms with van der Waals surface area (Å²) >= 11 is 0. The Bertz CT molecular complexity index is 363. The van der Waals surface area contributed by atoms with Crippen LogP contribution in [-0.2, 0) is 11.2 Å². The minimum atomic E-state index is -0.692. The maximum absolute atomic E-state index is 10.3. The average Bonchev–Trinajstić information content (AvgIpc) is 2.34. The molecule has 1 rings (SSSR count). The molecule has 0 atom stereocenters. The first-order chi connectivity index (χ1) is 8.70. The van der Waals surface area contributed by atoms with Gasteiger partial charge in [0.1, 0.15) is 0 Å². The van der Waals surface area contributed by atoms with Gasteiger partial charge in [-0.15, -0.1) is 0 Å². The van der Waals surface area contributed by atoms with E-state index in [1.54, 1.807) is 0 Å². The fourth-order valence-electron chi connectivity index (χ4n) is 1.94. The molecule has 0 aliphatic carbocycles. The second-order valence-corrected chi connectivity index (χ2v) is 4.63. The zero-order chi connectivity index (χ0) is 13.2. The van der Waals surface area contributed by atoms with Crippen LogP contribution in [0.1, 0.15) is 36.8 Å². The van der Waals surface area contributed by atoms with Crippen LogP contribution < -0.4 is 5.32 Å². The molecule has 100 valence electrons. The third-order valence-electron chi connectivity index (χ3n) is 3.08. The summed E-state index contributed by atoms with van der Waals surface area (Å²) in [5.41, 5.74) is 2.75. The van der Waals surface area contributed by atoms with E-state index in [1.165, 1.54) is 11.1 Å². The Balaban J connectivity index is 1.99. The Morgan fingerprint density at radius 2 is 1.94 bits per heavy atom. The van der Waals surface area contributed by atoms with Crippen molar-refractivity contribution in [3.63, 3.8) is 0 Å². The van der Waals surface area contributed by atoms with Crippen molar-refractivity contribution >= 4 is 5.97 Å². The smallest absolute Gasteiger partial charge is 0.303 e. The molecule has 0 saturated heterocycles. The van der Waals surface area contributed by atoms with Crippen LogP contribution in [0.25, 0.3) is 0 Å². The molecule has 1 aromatic rings. The summed E-state index contributed by atoms with van der Waals surface area (Å²) in [4.78, 5) is 10.3. The van der Waals surface area contributed by atoms with Gasteiger partial charge in [-0.3, -0.25) is 4.79 Å². The summed E-state index contributed by atoms with van der Waals surface area (Å²) < 4.78 is 0. The number of unbranched alkanes of at least 4 members (excludes halogenated alkanes) is 2. The molecule has 18 heavy (non-hydrogen) atoms. The van der Waals surface area contributed by atoms with Gasteiger partial charge in [-0.2, -0.15) is 0 Å². The van der Waals surface area contributed by atoms with Gasteiger partial charge in [-0.1, -0.05) is 30.7 Å². The first kappa shape index (κ1) is 14.7. The van der Waals surface area contributed by atoms with Crippen LogP contribution in [0.15, 0.2) is 24.3 Å². The Labute approximate surface area is 109 Å². The number of hydrogen-bond donors (Lipinski definition) is 2. The van der Waals surface area contributed by atoms with Crippen molar-refractivity contribution in [2.24, 2.45) is 0 Å². The molecular weight excluding hydrogens is 226 g/mol. The zero-order valence-electron chi connectivity index (χ0n) is 11.1. The maximum Gasteiger partial charge on any atom is 0.303 e. The zero-order valence-corrected chi connectivity index (χ0v) is 11.1. The van der Waals surface area contributed by atoms with Crippen LogP contribution in [0, 0.1) is 6.92 Å². The number of aryl methyl sites for hydroxylation is 1. The SMILES string of the molecule is Cc1ccccc1CCNCCCCCC(=O)O. The van der Waals surface area contributed by atoms with Crippen LogP contribution in [0.3, 0.4) is 0 Å². The number of nitrogens with one attached hydrogen (secondary N) is 1. The lowest BCUT2D eigenvalue weighted by Crippen LogP contribution is -2.18. The van der Waals surface area contributed by atoms with Gasteiger partial charge in [0.25, 0.3) is 0 Å². The minimum Gasteiger partial charge on any atom is -0.481 e. The van der Waals surface area contributed by atoms with E-state index in [0.717, 1.165) is 38.8 Å². The Morgan fingerprint density at radius 1 is 1.17 bits per heavy atom. The molecular formula is C15H23NO2. The van der Waals surface area contributed by atoms with Crippen LogP contribution in [0.5, 0.6) is 0 Å². The van der Waals surface area contributed by atoms with Crippen molar-refractivity contribution in [3.05, 3.63) is 35.4 Å². The Kier molecular flexibility index (Phi) is 7.11. The van der Waals surface area contributed by atoms with E-state index >= 15 is 0 Å². The van der Waals surface area contributed by atoms with E-state index in [4.69, 9.17) is 5.11 Å². The van der Waals surface area contributed by atoms with E-state index in [-0.39, 0.29) is 0 Å². The van der Waals surface area contributed by atoms with Gasteiger partial charge in [0.15, 0.2) is 0 Å². The van der Waals surface area contributed by atoms with E-state index in [2.05, 4.69) is 36.5 Å². The Hall–Kier alpha value is -1.35. The number of carboxylic acid groups (broad SMARTS) is 1. The van der Waals surface area contributed by atoms with Crippen molar-refractivity contribution in [3.8, 4) is 0 Å². The highest BCUT2D eigenvalue weighted by molar-refractivity contribution is 5.66. The predicted octanol–water partition coefficient (Wildman–Crippen LogP) is 2.77. The normalized spacial score (nSPS) is 10.5. The minimum absolute atomic E-state index is 0.295. The molecule has 0 fully saturated rings. The highest BCUT2D eigenvalue weighted by Gasteiger charge is 1.97. The molecule has 0 bridgehead atoms. The topological polar surface area (TPSA) is 49.3 Å². The number of hydrogen-bond acceptors (Lipinski definition) is 2. The van der Waals surface area contributed by atoms with Crippen LogP contribution in [0.4, 0.5) is 0 Å². The van der Waals surface area contributed by atoms with E-state index < -0.39 is 5.97 Å². The summed E-state index contributed by atoms with van der Waals surface area (Å²) in [5, 5.41) is 11.9. The van der Waals surface area contributed by atoms with Gasteiger partial charge in [0, 0.05) is 6.42 Å². The average molecular weight is 249 g/mol. The molecule has 0 aromatic heterocycles. The second-order valence-electron chi connectivity index (χ2n) is 4.63. The molecule has 0 aliphatic heterocycles. The summed E-state index contributed by atoms with van der Waals surface area (Å²) in [6.45, 7) is 4.11. The second kappa shape index (κ2) is 8.70. The first-order valence-electron chi connectivity index (χ1n) is 6.67. The van der Waals surface area contributed by atoms with E-state index in [9.17, 15) is 4.79 Å². The number of carboxylic acids is 1. The quantitative estimate of drug-likeness (QED) is 0.662. The number of carbonyl (C=O) groups is 1. The molecule has 3 nitrogen and oxygen atoms in total.